The minimum Gasteiger partial charge on any atom is -0.489 e. The molecule has 2 N–H and O–H groups in total. The number of aryl methyl sites for hydroxylation is 1. The lowest BCUT2D eigenvalue weighted by Gasteiger charge is -2.51. The highest BCUT2D eigenvalue weighted by atomic mass is 79.9. The van der Waals surface area contributed by atoms with Crippen LogP contribution in [-0.2, 0) is 13.0 Å². The molecule has 1 aliphatic carbocycles. The van der Waals surface area contributed by atoms with Crippen molar-refractivity contribution in [3.05, 3.63) is 63.6 Å². The van der Waals surface area contributed by atoms with E-state index < -0.39 is 0 Å². The average Bonchev–Trinajstić information content (AvgIpc) is 2.78. The van der Waals surface area contributed by atoms with Crippen molar-refractivity contribution < 1.29 is 4.74 Å². The van der Waals surface area contributed by atoms with Gasteiger partial charge in [0.05, 0.1) is 12.3 Å². The van der Waals surface area contributed by atoms with Crippen molar-refractivity contribution >= 4 is 15.9 Å². The summed E-state index contributed by atoms with van der Waals surface area (Å²) in [5, 5.41) is 7.69. The summed E-state index contributed by atoms with van der Waals surface area (Å²) in [4.78, 5) is 5.11. The minimum absolute atomic E-state index is 0.310. The van der Waals surface area contributed by atoms with E-state index in [1.54, 1.807) is 0 Å². The number of nitrogens with one attached hydrogen (secondary N) is 2. The molecule has 0 spiro atoms. The highest BCUT2D eigenvalue weighted by Gasteiger charge is 2.42. The third-order valence-corrected chi connectivity index (χ3v) is 7.66. The molecule has 0 aromatic heterocycles. The molecule has 0 amide bonds. The molecule has 4 atom stereocenters. The molecule has 6 heteroatoms. The smallest absolute Gasteiger partial charge is 0.120 e. The van der Waals surface area contributed by atoms with E-state index in [2.05, 4.69) is 92.8 Å². The van der Waals surface area contributed by atoms with Gasteiger partial charge in [0, 0.05) is 42.6 Å². The van der Waals surface area contributed by atoms with Crippen LogP contribution in [-0.4, -0.2) is 55.4 Å². The number of hydrogen-bond acceptors (Lipinski definition) is 5. The first kappa shape index (κ1) is 21.4. The second kappa shape index (κ2) is 9.20. The molecule has 31 heavy (non-hydrogen) atoms. The van der Waals surface area contributed by atoms with Crippen LogP contribution < -0.4 is 15.4 Å². The van der Waals surface area contributed by atoms with Crippen molar-refractivity contribution in [2.45, 2.75) is 44.7 Å². The number of nitrogens with zero attached hydrogens (tertiary/aromatic N) is 2. The predicted molar refractivity (Wildman–Crippen MR) is 128 cm³/mol. The number of halogens is 1. The lowest BCUT2D eigenvalue weighted by atomic mass is 9.76. The maximum absolute atomic E-state index is 6.12. The van der Waals surface area contributed by atoms with E-state index in [4.69, 9.17) is 4.74 Å². The molecule has 166 valence electrons. The Morgan fingerprint density at radius 3 is 2.58 bits per heavy atom. The van der Waals surface area contributed by atoms with Gasteiger partial charge >= 0.3 is 0 Å². The summed E-state index contributed by atoms with van der Waals surface area (Å²) < 4.78 is 7.22. The molecular weight excluding hydrogens is 452 g/mol. The van der Waals surface area contributed by atoms with E-state index in [-0.39, 0.29) is 0 Å². The first-order chi connectivity index (χ1) is 15.1. The first-order valence-electron chi connectivity index (χ1n) is 11.5. The molecule has 2 heterocycles. The molecule has 2 saturated heterocycles. The number of ether oxygens (including phenoxy) is 1. The Kier molecular flexibility index (Phi) is 6.35. The van der Waals surface area contributed by atoms with Crippen LogP contribution in [0.25, 0.3) is 0 Å². The van der Waals surface area contributed by atoms with Gasteiger partial charge in [-0.15, -0.1) is 0 Å². The molecule has 0 saturated carbocycles. The molecule has 2 aromatic carbocycles. The van der Waals surface area contributed by atoms with Crippen molar-refractivity contribution in [2.75, 3.05) is 33.2 Å². The van der Waals surface area contributed by atoms with Gasteiger partial charge < -0.3 is 9.64 Å². The lowest BCUT2D eigenvalue weighted by molar-refractivity contribution is 0.00636. The molecule has 3 aliphatic rings. The monoisotopic (exact) mass is 484 g/mol. The van der Waals surface area contributed by atoms with Crippen molar-refractivity contribution in [2.24, 2.45) is 5.92 Å². The molecule has 2 aromatic rings. The molecule has 0 bridgehead atoms. The fraction of sp³-hybridized carbons (Fsp3) is 0.520. The Balaban J connectivity index is 1.30. The number of piperazine rings is 1. The zero-order chi connectivity index (χ0) is 21.4. The van der Waals surface area contributed by atoms with E-state index in [9.17, 15) is 0 Å². The SMILES string of the molecule is CC1NC2c3ccc(OCc4ccc(Br)cc4)cc3CCC2C(N2CCN(C)CC2)N1. The lowest BCUT2D eigenvalue weighted by Crippen LogP contribution is -2.67. The van der Waals surface area contributed by atoms with Crippen molar-refractivity contribution in [1.29, 1.82) is 0 Å². The van der Waals surface area contributed by atoms with E-state index in [0.29, 0.717) is 30.9 Å². The van der Waals surface area contributed by atoms with Gasteiger partial charge in [-0.2, -0.15) is 0 Å². The molecule has 2 fully saturated rings. The summed E-state index contributed by atoms with van der Waals surface area (Å²) in [6.07, 6.45) is 3.09. The van der Waals surface area contributed by atoms with Crippen LogP contribution in [0.1, 0.15) is 36.1 Å². The van der Waals surface area contributed by atoms with Crippen LogP contribution in [0.3, 0.4) is 0 Å². The second-order valence-corrected chi connectivity index (χ2v) is 10.2. The van der Waals surface area contributed by atoms with Crippen molar-refractivity contribution in [1.82, 2.24) is 20.4 Å². The Morgan fingerprint density at radius 2 is 1.81 bits per heavy atom. The van der Waals surface area contributed by atoms with Gasteiger partial charge in [0.15, 0.2) is 0 Å². The number of hydrogen-bond donors (Lipinski definition) is 2. The van der Waals surface area contributed by atoms with Crippen LogP contribution in [0.4, 0.5) is 0 Å². The zero-order valence-corrected chi connectivity index (χ0v) is 20.1. The van der Waals surface area contributed by atoms with E-state index in [1.807, 2.05) is 0 Å². The molecule has 0 radical (unpaired) electrons. The largest absolute Gasteiger partial charge is 0.489 e. The normalized spacial score (nSPS) is 29.3. The molecule has 5 nitrogen and oxygen atoms in total. The summed E-state index contributed by atoms with van der Waals surface area (Å²) in [5.41, 5.74) is 4.08. The van der Waals surface area contributed by atoms with Crippen LogP contribution >= 0.6 is 15.9 Å². The number of rotatable bonds is 4. The van der Waals surface area contributed by atoms with E-state index in [0.717, 1.165) is 42.8 Å². The zero-order valence-electron chi connectivity index (χ0n) is 18.5. The van der Waals surface area contributed by atoms with Gasteiger partial charge in [-0.05, 0) is 67.8 Å². The fourth-order valence-electron chi connectivity index (χ4n) is 5.39. The fourth-order valence-corrected chi connectivity index (χ4v) is 5.65. The second-order valence-electron chi connectivity index (χ2n) is 9.30. The standard InChI is InChI=1S/C25H33BrN4O/c1-17-27-24-22-10-8-21(31-16-18-3-6-20(26)7-4-18)15-19(22)5-9-23(24)25(28-17)30-13-11-29(2)12-14-30/h3-4,6-8,10,15,17,23-25,27-28H,5,9,11-14,16H2,1-2H3. The minimum atomic E-state index is 0.310. The van der Waals surface area contributed by atoms with Crippen molar-refractivity contribution in [3.63, 3.8) is 0 Å². The highest BCUT2D eigenvalue weighted by Crippen LogP contribution is 2.41. The van der Waals surface area contributed by atoms with Crippen LogP contribution in [0, 0.1) is 5.92 Å². The van der Waals surface area contributed by atoms with Gasteiger partial charge in [0.25, 0.3) is 0 Å². The van der Waals surface area contributed by atoms with Crippen LogP contribution in [0.2, 0.25) is 0 Å². The maximum Gasteiger partial charge on any atom is 0.120 e. The van der Waals surface area contributed by atoms with Gasteiger partial charge in [0.1, 0.15) is 12.4 Å². The Hall–Kier alpha value is -1.44. The average molecular weight is 485 g/mol. The summed E-state index contributed by atoms with van der Waals surface area (Å²) in [6.45, 7) is 7.48. The van der Waals surface area contributed by atoms with E-state index in [1.165, 1.54) is 23.1 Å². The summed E-state index contributed by atoms with van der Waals surface area (Å²) in [5.74, 6) is 1.57. The number of benzene rings is 2. The highest BCUT2D eigenvalue weighted by molar-refractivity contribution is 9.10. The molecular formula is C25H33BrN4O. The van der Waals surface area contributed by atoms with Crippen LogP contribution in [0.5, 0.6) is 5.75 Å². The molecule has 5 rings (SSSR count). The number of likely N-dealkylation sites (N-methyl/N-ethyl adjacent to an activating group) is 1. The third kappa shape index (κ3) is 4.69. The van der Waals surface area contributed by atoms with E-state index >= 15 is 0 Å². The first-order valence-corrected chi connectivity index (χ1v) is 12.3. The summed E-state index contributed by atoms with van der Waals surface area (Å²) in [6, 6.07) is 15.5. The Morgan fingerprint density at radius 1 is 1.03 bits per heavy atom. The summed E-state index contributed by atoms with van der Waals surface area (Å²) in [7, 11) is 2.23. The summed E-state index contributed by atoms with van der Waals surface area (Å²) >= 11 is 3.49. The van der Waals surface area contributed by atoms with Crippen molar-refractivity contribution in [3.8, 4) is 5.75 Å². The quantitative estimate of drug-likeness (QED) is 0.691. The van der Waals surface area contributed by atoms with Crippen LogP contribution in [0.15, 0.2) is 46.9 Å². The van der Waals surface area contributed by atoms with Gasteiger partial charge in [0.2, 0.25) is 0 Å². The topological polar surface area (TPSA) is 39.8 Å². The van der Waals surface area contributed by atoms with Gasteiger partial charge in [-0.1, -0.05) is 34.1 Å². The molecule has 4 unspecified atom stereocenters. The Labute approximate surface area is 194 Å². The van der Waals surface area contributed by atoms with Gasteiger partial charge in [-0.25, -0.2) is 0 Å². The predicted octanol–water partition coefficient (Wildman–Crippen LogP) is 3.74. The number of fused-ring (bicyclic) bond motifs is 3. The van der Waals surface area contributed by atoms with Gasteiger partial charge in [-0.3, -0.25) is 15.5 Å². The maximum atomic E-state index is 6.12. The molecule has 2 aliphatic heterocycles. The Bertz CT molecular complexity index is 897. The third-order valence-electron chi connectivity index (χ3n) is 7.13.